The molecule has 0 aliphatic carbocycles. The smallest absolute Gasteiger partial charge is 0.325 e. The van der Waals surface area contributed by atoms with Gasteiger partial charge in [0.15, 0.2) is 0 Å². The van der Waals surface area contributed by atoms with E-state index in [-0.39, 0.29) is 74.0 Å². The molecular formula is C81H143N21O22. The first-order valence-electron chi connectivity index (χ1n) is 42.2. The molecule has 20 amide bonds. The summed E-state index contributed by atoms with van der Waals surface area (Å²) in [7, 11) is 0. The summed E-state index contributed by atoms with van der Waals surface area (Å²) in [5.41, 5.74) is 5.60. The lowest BCUT2D eigenvalue weighted by atomic mass is 10.0. The minimum atomic E-state index is -1.33. The number of rotatable bonds is 53. The summed E-state index contributed by atoms with van der Waals surface area (Å²) in [6, 6.07) is -26.0. The molecule has 0 aliphatic heterocycles. The molecule has 0 saturated heterocycles. The second-order valence-electron chi connectivity index (χ2n) is 34.5. The summed E-state index contributed by atoms with van der Waals surface area (Å²) in [4.78, 5) is 279. The number of carboxylic acid groups (broad SMARTS) is 1. The number of carbonyl (C=O) groups excluding carboxylic acids is 20. The molecule has 0 saturated carbocycles. The SMILES string of the molecule is CC(C)C[C@H](NC(=O)[C@H](C)NC(=O)[C@H](CC(C)C)NC(=O)[C@H](C)NC(=O)[C@H](C)NC(=O)[C@H](C)NC(=O)[C@H](C)NC(=O)[C@H](CC(C)C)NC(=O)[C@H](C)NC(=O)[C@H](CC(C)C)NC(=O)[C@H](C)NC(=O)[C@H](C)NC(=O)[C@H](C)NC(=O)[C@H](C)NC(=O)[C@H](CC(C)C)NC(=O)[C@H](C)NC(=O)[C@H](CC(C)C)NC(=O)[C@H](C)NC(=O)[C@H](C)N)C(=O)N[C@@H](C)C(=O)N[C@@H](C)C(=O)O. The molecule has 704 valence electrons. The lowest BCUT2D eigenvalue weighted by molar-refractivity contribution is -0.141. The number of hydrogen-bond acceptors (Lipinski definition) is 22. The topological polar surface area (TPSA) is 645 Å². The zero-order chi connectivity index (χ0) is 96.1. The maximum Gasteiger partial charge on any atom is 0.325 e. The van der Waals surface area contributed by atoms with E-state index < -0.39 is 251 Å². The zero-order valence-corrected chi connectivity index (χ0v) is 76.9. The van der Waals surface area contributed by atoms with Crippen molar-refractivity contribution in [3.8, 4) is 0 Å². The van der Waals surface area contributed by atoms with E-state index in [2.05, 4.69) is 106 Å². The molecule has 0 spiro atoms. The van der Waals surface area contributed by atoms with Crippen LogP contribution in [0.25, 0.3) is 0 Å². The van der Waals surface area contributed by atoms with Crippen LogP contribution in [0.15, 0.2) is 0 Å². The Morgan fingerprint density at radius 3 is 0.363 bits per heavy atom. The van der Waals surface area contributed by atoms with Gasteiger partial charge in [0.2, 0.25) is 118 Å². The highest BCUT2D eigenvalue weighted by Gasteiger charge is 2.38. The fourth-order valence-electron chi connectivity index (χ4n) is 11.5. The van der Waals surface area contributed by atoms with Crippen molar-refractivity contribution >= 4 is 124 Å². The van der Waals surface area contributed by atoms with Gasteiger partial charge in [-0.3, -0.25) is 101 Å². The molecule has 124 heavy (non-hydrogen) atoms. The van der Waals surface area contributed by atoms with Crippen molar-refractivity contribution in [2.75, 3.05) is 0 Å². The first-order valence-corrected chi connectivity index (χ1v) is 42.2. The molecule has 0 aliphatic rings. The van der Waals surface area contributed by atoms with E-state index in [4.69, 9.17) is 10.8 Å². The van der Waals surface area contributed by atoms with E-state index in [1.54, 1.807) is 69.2 Å². The van der Waals surface area contributed by atoms with Gasteiger partial charge in [0.25, 0.3) is 0 Å². The Bertz CT molecular complexity index is 3720. The van der Waals surface area contributed by atoms with Crippen molar-refractivity contribution in [1.82, 2.24) is 106 Å². The van der Waals surface area contributed by atoms with Gasteiger partial charge in [-0.25, -0.2) is 0 Å². The monoisotopic (exact) mass is 1760 g/mol. The van der Waals surface area contributed by atoms with Crippen LogP contribution in [-0.4, -0.2) is 256 Å². The summed E-state index contributed by atoms with van der Waals surface area (Å²) in [6.45, 7) is 41.2. The van der Waals surface area contributed by atoms with E-state index in [0.29, 0.717) is 0 Å². The average Bonchev–Trinajstić information content (AvgIpc) is 0.872. The summed E-state index contributed by atoms with van der Waals surface area (Å²) in [6.07, 6.45) is 0.520. The predicted octanol–water partition coefficient (Wildman–Crippen LogP) is -4.33. The number of nitrogens with two attached hydrogens (primary N) is 1. The maximum atomic E-state index is 13.9. The number of carbonyl (C=O) groups is 21. The average molecular weight is 1760 g/mol. The van der Waals surface area contributed by atoms with Crippen molar-refractivity contribution in [2.45, 2.75) is 352 Å². The molecule has 0 rings (SSSR count). The van der Waals surface area contributed by atoms with Crippen LogP contribution in [0.1, 0.15) is 225 Å². The molecule has 0 fully saturated rings. The molecule has 0 heterocycles. The quantitative estimate of drug-likeness (QED) is 0.0274. The summed E-state index contributed by atoms with van der Waals surface area (Å²) in [5.74, 6) is -18.2. The van der Waals surface area contributed by atoms with Crippen molar-refractivity contribution < 1.29 is 106 Å². The second-order valence-corrected chi connectivity index (χ2v) is 34.5. The third-order valence-corrected chi connectivity index (χ3v) is 19.0. The molecule has 0 aromatic rings. The van der Waals surface area contributed by atoms with Crippen molar-refractivity contribution in [3.63, 3.8) is 0 Å². The van der Waals surface area contributed by atoms with Crippen LogP contribution < -0.4 is 112 Å². The van der Waals surface area contributed by atoms with E-state index in [0.717, 1.165) is 0 Å². The van der Waals surface area contributed by atoms with Crippen molar-refractivity contribution in [3.05, 3.63) is 0 Å². The standard InChI is InChI=1S/C81H143N21O22/c1-34(2)28-55(100-72(114)51(24)93-78(120)58(31-37(7)8)97-69(111)48(21)83-61(103)40(13)82)75(117)90-45(18)66(108)86-41(14)62(104)84-43(16)64(106)88-49(22)70(112)98-59(32-38(9)10)79(121)94-52(25)73(115)101-56(29-35(3)4)76(118)91-46(19)67(109)87-42(15)63(105)85-44(17)65(107)89-50(23)71(113)99-60(33-39(11)12)80(122)95-53(26)74(116)102-57(30-36(5)6)77(119)92-47(20)68(110)96-54(27)81(123)124/h34-60H,28-33,82H2,1-27H3,(H,83,103)(H,84,104)(H,85,105)(H,86,108)(H,87,109)(H,88,106)(H,89,107)(H,90,117)(H,91,118)(H,92,119)(H,93,120)(H,94,121)(H,95,122)(H,96,110)(H,97,111)(H,98,112)(H,99,113)(H,100,114)(H,101,115)(H,102,116)(H,123,124)/t40-,41-,42-,43-,44-,45-,46-,47-,48-,49-,50-,51-,52-,53-,54-,55-,56-,57-,58-,59-,60-/m0/s1. The Labute approximate surface area is 726 Å². The summed E-state index contributed by atoms with van der Waals surface area (Å²) >= 11 is 0. The number of aliphatic carboxylic acids is 1. The third-order valence-electron chi connectivity index (χ3n) is 19.0. The summed E-state index contributed by atoms with van der Waals surface area (Å²) in [5, 5.41) is 59.2. The normalized spacial score (nSPS) is 16.4. The minimum Gasteiger partial charge on any atom is -0.480 e. The van der Waals surface area contributed by atoms with Crippen molar-refractivity contribution in [2.24, 2.45) is 41.2 Å². The van der Waals surface area contributed by atoms with Gasteiger partial charge >= 0.3 is 5.97 Å². The highest BCUT2D eigenvalue weighted by atomic mass is 16.4. The number of amides is 20. The molecule has 21 atom stereocenters. The van der Waals surface area contributed by atoms with Crippen LogP contribution in [0.3, 0.4) is 0 Å². The number of carboxylic acids is 1. The van der Waals surface area contributed by atoms with Gasteiger partial charge in [-0.2, -0.15) is 0 Å². The van der Waals surface area contributed by atoms with Crippen molar-refractivity contribution in [1.29, 1.82) is 0 Å². The van der Waals surface area contributed by atoms with E-state index in [1.165, 1.54) is 104 Å². The van der Waals surface area contributed by atoms with Gasteiger partial charge in [0.05, 0.1) is 6.04 Å². The molecule has 0 aromatic heterocycles. The van der Waals surface area contributed by atoms with Crippen LogP contribution in [0.2, 0.25) is 0 Å². The van der Waals surface area contributed by atoms with Gasteiger partial charge in [0, 0.05) is 0 Å². The molecule has 0 radical (unpaired) electrons. The van der Waals surface area contributed by atoms with Crippen LogP contribution >= 0.6 is 0 Å². The molecule has 43 heteroatoms. The Hall–Kier alpha value is -11.2. The van der Waals surface area contributed by atoms with Crippen LogP contribution in [-0.2, 0) is 101 Å². The zero-order valence-electron chi connectivity index (χ0n) is 76.9. The first-order chi connectivity index (χ1) is 57.1. The summed E-state index contributed by atoms with van der Waals surface area (Å²) < 4.78 is 0. The fraction of sp³-hybridized carbons (Fsp3) is 0.741. The Balaban J connectivity index is 5.77. The Morgan fingerprint density at radius 1 is 0.161 bits per heavy atom. The third kappa shape index (κ3) is 42.8. The molecule has 0 bridgehead atoms. The molecule has 23 N–H and O–H groups in total. The number of nitrogens with one attached hydrogen (secondary N) is 20. The first kappa shape index (κ1) is 113. The van der Waals surface area contributed by atoms with Gasteiger partial charge in [-0.15, -0.1) is 0 Å². The van der Waals surface area contributed by atoms with Crippen LogP contribution in [0.4, 0.5) is 0 Å². The van der Waals surface area contributed by atoms with E-state index in [9.17, 15) is 101 Å². The van der Waals surface area contributed by atoms with E-state index in [1.807, 2.05) is 13.8 Å². The van der Waals surface area contributed by atoms with Crippen LogP contribution in [0, 0.1) is 35.5 Å². The molecular weight excluding hydrogens is 1620 g/mol. The van der Waals surface area contributed by atoms with Gasteiger partial charge in [-0.1, -0.05) is 83.1 Å². The molecule has 43 nitrogen and oxygen atoms in total. The van der Waals surface area contributed by atoms with Gasteiger partial charge < -0.3 is 117 Å². The second kappa shape index (κ2) is 54.5. The van der Waals surface area contributed by atoms with Crippen LogP contribution in [0.5, 0.6) is 0 Å². The molecule has 0 aromatic carbocycles. The largest absolute Gasteiger partial charge is 0.480 e. The highest BCUT2D eigenvalue weighted by molar-refractivity contribution is 6.02. The van der Waals surface area contributed by atoms with E-state index >= 15 is 0 Å². The Kier molecular flexibility index (Phi) is 49.5. The maximum absolute atomic E-state index is 13.9. The fourth-order valence-corrected chi connectivity index (χ4v) is 11.5. The minimum absolute atomic E-state index is 0.0373. The van der Waals surface area contributed by atoms with Gasteiger partial charge in [0.1, 0.15) is 121 Å². The predicted molar refractivity (Wildman–Crippen MR) is 456 cm³/mol. The number of hydrogen-bond donors (Lipinski definition) is 22. The Morgan fingerprint density at radius 2 is 0.258 bits per heavy atom. The van der Waals surface area contributed by atoms with Gasteiger partial charge in [-0.05, 0) is 178 Å². The lowest BCUT2D eigenvalue weighted by Crippen LogP contribution is -2.60. The lowest BCUT2D eigenvalue weighted by Gasteiger charge is -2.27. The highest BCUT2D eigenvalue weighted by Crippen LogP contribution is 2.14. The molecule has 0 unspecified atom stereocenters.